The molecule has 0 amide bonds. The van der Waals surface area contributed by atoms with Gasteiger partial charge in [-0.1, -0.05) is 29.4 Å². The van der Waals surface area contributed by atoms with Gasteiger partial charge in [-0.2, -0.15) is 10.2 Å². The minimum Gasteiger partial charge on any atom is -0.335 e. The van der Waals surface area contributed by atoms with Crippen molar-refractivity contribution >= 4 is 0 Å². The van der Waals surface area contributed by atoms with Gasteiger partial charge in [0.05, 0.1) is 0 Å². The molecule has 2 aromatic rings. The van der Waals surface area contributed by atoms with Crippen LogP contribution < -0.4 is 0 Å². The average molecular weight is 225 g/mol. The van der Waals surface area contributed by atoms with Gasteiger partial charge in [0.1, 0.15) is 18.3 Å². The second-order valence-electron chi connectivity index (χ2n) is 3.76. The molecule has 0 aliphatic carbocycles. The molecule has 17 heavy (non-hydrogen) atoms. The van der Waals surface area contributed by atoms with Crippen LogP contribution in [-0.4, -0.2) is 4.57 Å². The molecular weight excluding hydrogens is 214 g/mol. The van der Waals surface area contributed by atoms with Gasteiger partial charge in [-0.3, -0.25) is 0 Å². The molecular formula is C13H11N3O. The lowest BCUT2D eigenvalue weighted by Gasteiger charge is -2.04. The lowest BCUT2D eigenvalue weighted by Crippen LogP contribution is -1.94. The number of benzene rings is 1. The first-order valence-electron chi connectivity index (χ1n) is 5.20. The average Bonchev–Trinajstić information content (AvgIpc) is 2.72. The van der Waals surface area contributed by atoms with Crippen molar-refractivity contribution in [2.75, 3.05) is 0 Å². The standard InChI is InChI=1S/C13H11N3O/c1-16-12(8-14)6-7-13(16)11-4-2-10(3-5-11)9-15-17/h2-7H,9H2,1H3. The molecule has 0 spiro atoms. The van der Waals surface area contributed by atoms with Gasteiger partial charge in [0.2, 0.25) is 0 Å². The van der Waals surface area contributed by atoms with E-state index in [0.717, 1.165) is 16.8 Å². The van der Waals surface area contributed by atoms with E-state index in [2.05, 4.69) is 11.2 Å². The zero-order valence-corrected chi connectivity index (χ0v) is 9.42. The molecule has 0 radical (unpaired) electrons. The molecule has 4 heteroatoms. The fourth-order valence-electron chi connectivity index (χ4n) is 1.77. The lowest BCUT2D eigenvalue weighted by atomic mass is 10.1. The first-order chi connectivity index (χ1) is 8.26. The number of nitriles is 1. The van der Waals surface area contributed by atoms with E-state index in [1.807, 2.05) is 41.9 Å². The molecule has 0 bridgehead atoms. The molecule has 0 N–H and O–H groups in total. The Morgan fingerprint density at radius 3 is 2.47 bits per heavy atom. The Labute approximate surface area is 99.1 Å². The third kappa shape index (κ3) is 2.08. The highest BCUT2D eigenvalue weighted by molar-refractivity contribution is 5.62. The van der Waals surface area contributed by atoms with Gasteiger partial charge in [-0.15, -0.1) is 0 Å². The Hall–Kier alpha value is -2.41. The maximum Gasteiger partial charge on any atom is 0.120 e. The van der Waals surface area contributed by atoms with Gasteiger partial charge in [-0.25, -0.2) is 0 Å². The Bertz CT molecular complexity index is 576. The molecule has 0 fully saturated rings. The highest BCUT2D eigenvalue weighted by atomic mass is 16.3. The molecule has 0 aliphatic heterocycles. The molecule has 1 heterocycles. The van der Waals surface area contributed by atoms with Crippen LogP contribution in [0, 0.1) is 16.2 Å². The van der Waals surface area contributed by atoms with Crippen molar-refractivity contribution in [1.82, 2.24) is 4.57 Å². The van der Waals surface area contributed by atoms with E-state index < -0.39 is 0 Å². The van der Waals surface area contributed by atoms with Gasteiger partial charge in [-0.05, 0) is 23.3 Å². The fourth-order valence-corrected chi connectivity index (χ4v) is 1.77. The van der Waals surface area contributed by atoms with Crippen LogP contribution in [0.3, 0.4) is 0 Å². The van der Waals surface area contributed by atoms with Crippen LogP contribution in [0.2, 0.25) is 0 Å². The third-order valence-electron chi connectivity index (χ3n) is 2.73. The Kier molecular flexibility index (Phi) is 3.01. The largest absolute Gasteiger partial charge is 0.335 e. The molecule has 0 atom stereocenters. The van der Waals surface area contributed by atoms with Crippen molar-refractivity contribution in [1.29, 1.82) is 5.26 Å². The van der Waals surface area contributed by atoms with Gasteiger partial charge >= 0.3 is 0 Å². The van der Waals surface area contributed by atoms with Crippen LogP contribution in [-0.2, 0) is 13.6 Å². The summed E-state index contributed by atoms with van der Waals surface area (Å²) in [5, 5.41) is 11.7. The number of hydrogen-bond donors (Lipinski definition) is 0. The molecule has 0 saturated heterocycles. The summed E-state index contributed by atoms with van der Waals surface area (Å²) < 4.78 is 1.84. The van der Waals surface area contributed by atoms with Crippen molar-refractivity contribution < 1.29 is 0 Å². The van der Waals surface area contributed by atoms with Crippen molar-refractivity contribution in [3.63, 3.8) is 0 Å². The molecule has 1 aromatic heterocycles. The predicted octanol–water partition coefficient (Wildman–Crippen LogP) is 2.83. The summed E-state index contributed by atoms with van der Waals surface area (Å²) >= 11 is 0. The van der Waals surface area contributed by atoms with Crippen LogP contribution in [0.5, 0.6) is 0 Å². The summed E-state index contributed by atoms with van der Waals surface area (Å²) in [5.74, 6) is 0. The number of nitrogens with zero attached hydrogens (tertiary/aromatic N) is 3. The Morgan fingerprint density at radius 1 is 1.24 bits per heavy atom. The monoisotopic (exact) mass is 225 g/mol. The number of hydrogen-bond acceptors (Lipinski definition) is 3. The van der Waals surface area contributed by atoms with E-state index in [9.17, 15) is 4.91 Å². The topological polar surface area (TPSA) is 58.1 Å². The third-order valence-corrected chi connectivity index (χ3v) is 2.73. The zero-order valence-electron chi connectivity index (χ0n) is 9.42. The van der Waals surface area contributed by atoms with Crippen LogP contribution >= 0.6 is 0 Å². The van der Waals surface area contributed by atoms with Crippen LogP contribution in [0.1, 0.15) is 11.3 Å². The summed E-state index contributed by atoms with van der Waals surface area (Å²) in [7, 11) is 1.86. The maximum absolute atomic E-state index is 10.1. The minimum atomic E-state index is 0.191. The Morgan fingerprint density at radius 2 is 1.94 bits per heavy atom. The lowest BCUT2D eigenvalue weighted by molar-refractivity contribution is 0.917. The molecule has 1 aromatic carbocycles. The summed E-state index contributed by atoms with van der Waals surface area (Å²) in [6.07, 6.45) is 0. The number of nitroso groups, excluding NO2 is 1. The summed E-state index contributed by atoms with van der Waals surface area (Å²) in [6.45, 7) is 0.191. The van der Waals surface area contributed by atoms with E-state index in [1.165, 1.54) is 0 Å². The second kappa shape index (κ2) is 4.62. The second-order valence-corrected chi connectivity index (χ2v) is 3.76. The summed E-state index contributed by atoms with van der Waals surface area (Å²) in [6, 6.07) is 13.4. The first-order valence-corrected chi connectivity index (χ1v) is 5.20. The van der Waals surface area contributed by atoms with Gasteiger partial charge < -0.3 is 4.57 Å². The van der Waals surface area contributed by atoms with Gasteiger partial charge in [0.15, 0.2) is 0 Å². The molecule has 84 valence electrons. The maximum atomic E-state index is 10.1. The van der Waals surface area contributed by atoms with Crippen molar-refractivity contribution in [3.05, 3.63) is 52.6 Å². The van der Waals surface area contributed by atoms with E-state index in [-0.39, 0.29) is 6.54 Å². The van der Waals surface area contributed by atoms with Gasteiger partial charge in [0, 0.05) is 12.7 Å². The van der Waals surface area contributed by atoms with E-state index in [4.69, 9.17) is 5.26 Å². The highest BCUT2D eigenvalue weighted by Gasteiger charge is 2.05. The Balaban J connectivity index is 2.37. The zero-order chi connectivity index (χ0) is 12.3. The van der Waals surface area contributed by atoms with Crippen molar-refractivity contribution in [2.45, 2.75) is 6.54 Å². The minimum absolute atomic E-state index is 0.191. The molecule has 0 saturated carbocycles. The normalized spacial score (nSPS) is 9.88. The first kappa shape index (κ1) is 11.1. The van der Waals surface area contributed by atoms with Crippen molar-refractivity contribution in [3.8, 4) is 17.3 Å². The quantitative estimate of drug-likeness (QED) is 0.754. The molecule has 0 unspecified atom stereocenters. The van der Waals surface area contributed by atoms with Crippen LogP contribution in [0.25, 0.3) is 11.3 Å². The SMILES string of the molecule is Cn1c(C#N)ccc1-c1ccc(CN=O)cc1. The fraction of sp³-hybridized carbons (Fsp3) is 0.154. The predicted molar refractivity (Wildman–Crippen MR) is 65.1 cm³/mol. The van der Waals surface area contributed by atoms with Gasteiger partial charge in [0.25, 0.3) is 0 Å². The summed E-state index contributed by atoms with van der Waals surface area (Å²) in [5.41, 5.74) is 3.51. The van der Waals surface area contributed by atoms with Crippen molar-refractivity contribution in [2.24, 2.45) is 12.2 Å². The smallest absolute Gasteiger partial charge is 0.120 e. The number of rotatable bonds is 3. The number of aromatic nitrogens is 1. The van der Waals surface area contributed by atoms with E-state index in [1.54, 1.807) is 6.07 Å². The molecule has 4 nitrogen and oxygen atoms in total. The van der Waals surface area contributed by atoms with E-state index >= 15 is 0 Å². The highest BCUT2D eigenvalue weighted by Crippen LogP contribution is 2.21. The summed E-state index contributed by atoms with van der Waals surface area (Å²) in [4.78, 5) is 10.1. The molecule has 2 rings (SSSR count). The van der Waals surface area contributed by atoms with E-state index in [0.29, 0.717) is 5.69 Å². The molecule has 0 aliphatic rings. The van der Waals surface area contributed by atoms with Crippen LogP contribution in [0.15, 0.2) is 41.6 Å². The van der Waals surface area contributed by atoms with Crippen LogP contribution in [0.4, 0.5) is 0 Å².